The summed E-state index contributed by atoms with van der Waals surface area (Å²) in [5, 5.41) is 9.12. The van der Waals surface area contributed by atoms with Crippen LogP contribution in [0.5, 0.6) is 0 Å². The Morgan fingerprint density at radius 3 is 3.00 bits per heavy atom. The van der Waals surface area contributed by atoms with Crippen LogP contribution in [0.4, 0.5) is 0 Å². The molecule has 0 amide bonds. The van der Waals surface area contributed by atoms with Gasteiger partial charge in [0, 0.05) is 4.47 Å². The van der Waals surface area contributed by atoms with Gasteiger partial charge in [-0.25, -0.2) is 4.98 Å². The van der Waals surface area contributed by atoms with Crippen molar-refractivity contribution in [2.45, 2.75) is 0 Å². The monoisotopic (exact) mass is 249 g/mol. The van der Waals surface area contributed by atoms with Crippen molar-refractivity contribution < 1.29 is 0 Å². The topological polar surface area (TPSA) is 69.5 Å². The molecule has 0 aliphatic heterocycles. The van der Waals surface area contributed by atoms with Gasteiger partial charge in [-0.1, -0.05) is 0 Å². The van der Waals surface area contributed by atoms with Crippen LogP contribution in [-0.4, -0.2) is 9.97 Å². The summed E-state index contributed by atoms with van der Waals surface area (Å²) < 4.78 is 0.651. The Morgan fingerprint density at radius 1 is 1.50 bits per heavy atom. The molecular weight excluding hydrogens is 246 g/mol. The van der Waals surface area contributed by atoms with Crippen LogP contribution in [0, 0.1) is 11.3 Å². The number of nitriles is 1. The maximum atomic E-state index is 11.4. The van der Waals surface area contributed by atoms with E-state index in [1.54, 1.807) is 6.07 Å². The van der Waals surface area contributed by atoms with E-state index >= 15 is 0 Å². The van der Waals surface area contributed by atoms with Gasteiger partial charge in [-0.2, -0.15) is 5.26 Å². The number of aromatic nitrogens is 2. The number of H-pyrrole nitrogens is 1. The van der Waals surface area contributed by atoms with E-state index in [4.69, 9.17) is 5.26 Å². The third-order valence-corrected chi connectivity index (χ3v) is 2.43. The lowest BCUT2D eigenvalue weighted by molar-refractivity contribution is 1.17. The van der Waals surface area contributed by atoms with Gasteiger partial charge in [0.15, 0.2) is 0 Å². The number of halogens is 1. The van der Waals surface area contributed by atoms with Crippen LogP contribution in [0.1, 0.15) is 5.56 Å². The summed E-state index contributed by atoms with van der Waals surface area (Å²) in [5.41, 5.74) is 0.753. The van der Waals surface area contributed by atoms with E-state index in [-0.39, 0.29) is 5.56 Å². The molecule has 0 aliphatic rings. The van der Waals surface area contributed by atoms with Crippen molar-refractivity contribution in [3.63, 3.8) is 0 Å². The molecule has 1 aromatic carbocycles. The predicted molar refractivity (Wildman–Crippen MR) is 54.8 cm³/mol. The minimum atomic E-state index is -0.243. The van der Waals surface area contributed by atoms with E-state index in [2.05, 4.69) is 25.9 Å². The van der Waals surface area contributed by atoms with Crippen molar-refractivity contribution in [3.8, 4) is 6.07 Å². The highest BCUT2D eigenvalue weighted by molar-refractivity contribution is 9.10. The van der Waals surface area contributed by atoms with E-state index in [1.165, 1.54) is 12.4 Å². The number of rotatable bonds is 0. The summed E-state index contributed by atoms with van der Waals surface area (Å²) in [6, 6.07) is 5.13. The van der Waals surface area contributed by atoms with Gasteiger partial charge in [0.2, 0.25) is 0 Å². The highest BCUT2D eigenvalue weighted by Crippen LogP contribution is 2.20. The van der Waals surface area contributed by atoms with E-state index in [9.17, 15) is 4.79 Å². The molecule has 0 spiro atoms. The van der Waals surface area contributed by atoms with Crippen molar-refractivity contribution >= 4 is 26.8 Å². The Kier molecular flexibility index (Phi) is 2.06. The van der Waals surface area contributed by atoms with Gasteiger partial charge in [0.25, 0.3) is 5.56 Å². The van der Waals surface area contributed by atoms with Gasteiger partial charge in [-0.15, -0.1) is 0 Å². The Balaban J connectivity index is 3.00. The SMILES string of the molecule is N#Cc1cc(Br)c2nc[nH]c(=O)c2c1. The molecule has 1 aromatic heterocycles. The summed E-state index contributed by atoms with van der Waals surface area (Å²) >= 11 is 3.26. The van der Waals surface area contributed by atoms with Gasteiger partial charge in [0.1, 0.15) is 0 Å². The van der Waals surface area contributed by atoms with Crippen LogP contribution >= 0.6 is 15.9 Å². The number of fused-ring (bicyclic) bond motifs is 1. The molecule has 5 heteroatoms. The average Bonchev–Trinajstić information content (AvgIpc) is 2.19. The zero-order chi connectivity index (χ0) is 10.1. The van der Waals surface area contributed by atoms with Gasteiger partial charge in [0.05, 0.1) is 28.9 Å². The maximum Gasteiger partial charge on any atom is 0.258 e. The van der Waals surface area contributed by atoms with Crippen LogP contribution < -0.4 is 5.56 Å². The van der Waals surface area contributed by atoms with E-state index in [0.29, 0.717) is 20.9 Å². The molecule has 2 aromatic rings. The highest BCUT2D eigenvalue weighted by atomic mass is 79.9. The summed E-state index contributed by atoms with van der Waals surface area (Å²) in [6.45, 7) is 0. The first kappa shape index (κ1) is 8.91. The van der Waals surface area contributed by atoms with E-state index in [0.717, 1.165) is 0 Å². The molecule has 0 fully saturated rings. The third-order valence-electron chi connectivity index (χ3n) is 1.83. The Morgan fingerprint density at radius 2 is 2.29 bits per heavy atom. The minimum Gasteiger partial charge on any atom is -0.313 e. The van der Waals surface area contributed by atoms with Crippen LogP contribution in [0.15, 0.2) is 27.7 Å². The first-order valence-electron chi connectivity index (χ1n) is 3.79. The lowest BCUT2D eigenvalue weighted by Gasteiger charge is -1.98. The second-order valence-corrected chi connectivity index (χ2v) is 3.55. The number of nitrogens with one attached hydrogen (secondary N) is 1. The molecule has 1 heterocycles. The summed E-state index contributed by atoms with van der Waals surface area (Å²) in [4.78, 5) is 17.8. The molecule has 0 radical (unpaired) electrons. The van der Waals surface area contributed by atoms with Gasteiger partial charge < -0.3 is 4.98 Å². The fourth-order valence-electron chi connectivity index (χ4n) is 1.20. The smallest absolute Gasteiger partial charge is 0.258 e. The summed E-state index contributed by atoms with van der Waals surface area (Å²) in [5.74, 6) is 0. The van der Waals surface area contributed by atoms with Gasteiger partial charge in [-0.05, 0) is 28.1 Å². The first-order chi connectivity index (χ1) is 6.72. The molecule has 0 atom stereocenters. The van der Waals surface area contributed by atoms with Crippen molar-refractivity contribution in [3.05, 3.63) is 38.9 Å². The Bertz CT molecular complexity index is 597. The largest absolute Gasteiger partial charge is 0.313 e. The van der Waals surface area contributed by atoms with Gasteiger partial charge in [-0.3, -0.25) is 4.79 Å². The molecule has 68 valence electrons. The Labute approximate surface area is 87.3 Å². The predicted octanol–water partition coefficient (Wildman–Crippen LogP) is 1.56. The van der Waals surface area contributed by atoms with Crippen molar-refractivity contribution in [2.24, 2.45) is 0 Å². The quantitative estimate of drug-likeness (QED) is 0.771. The van der Waals surface area contributed by atoms with Crippen molar-refractivity contribution in [1.82, 2.24) is 9.97 Å². The molecule has 0 aliphatic carbocycles. The number of benzene rings is 1. The summed E-state index contributed by atoms with van der Waals surface area (Å²) in [6.07, 6.45) is 1.33. The van der Waals surface area contributed by atoms with Crippen LogP contribution in [-0.2, 0) is 0 Å². The number of hydrogen-bond acceptors (Lipinski definition) is 3. The molecule has 1 N–H and O–H groups in total. The fourth-order valence-corrected chi connectivity index (χ4v) is 1.76. The van der Waals surface area contributed by atoms with E-state index in [1.807, 2.05) is 6.07 Å². The molecular formula is C9H4BrN3O. The van der Waals surface area contributed by atoms with Crippen LogP contribution in [0.25, 0.3) is 10.9 Å². The zero-order valence-corrected chi connectivity index (χ0v) is 8.50. The highest BCUT2D eigenvalue weighted by Gasteiger charge is 2.05. The zero-order valence-electron chi connectivity index (χ0n) is 6.91. The van der Waals surface area contributed by atoms with Crippen molar-refractivity contribution in [1.29, 1.82) is 5.26 Å². The van der Waals surface area contributed by atoms with Gasteiger partial charge >= 0.3 is 0 Å². The molecule has 0 saturated heterocycles. The fraction of sp³-hybridized carbons (Fsp3) is 0. The Hall–Kier alpha value is -1.67. The minimum absolute atomic E-state index is 0.243. The molecule has 0 saturated carbocycles. The van der Waals surface area contributed by atoms with Crippen LogP contribution in [0.2, 0.25) is 0 Å². The normalized spacial score (nSPS) is 10.0. The lowest BCUT2D eigenvalue weighted by Crippen LogP contribution is -2.06. The van der Waals surface area contributed by atoms with E-state index < -0.39 is 0 Å². The lowest BCUT2D eigenvalue weighted by atomic mass is 10.2. The van der Waals surface area contributed by atoms with Crippen LogP contribution in [0.3, 0.4) is 0 Å². The molecule has 0 unspecified atom stereocenters. The maximum absolute atomic E-state index is 11.4. The molecule has 2 rings (SSSR count). The number of nitrogens with zero attached hydrogens (tertiary/aromatic N) is 2. The average molecular weight is 250 g/mol. The van der Waals surface area contributed by atoms with Crippen molar-refractivity contribution in [2.75, 3.05) is 0 Å². The second kappa shape index (κ2) is 3.24. The standard InChI is InChI=1S/C9H4BrN3O/c10-7-2-5(3-11)1-6-8(7)12-4-13-9(6)14/h1-2,4H,(H,12,13,14). The summed E-state index contributed by atoms with van der Waals surface area (Å²) in [7, 11) is 0. The molecule has 4 nitrogen and oxygen atoms in total. The second-order valence-electron chi connectivity index (χ2n) is 2.70. The number of aromatic amines is 1. The first-order valence-corrected chi connectivity index (χ1v) is 4.58. The molecule has 14 heavy (non-hydrogen) atoms. The molecule has 0 bridgehead atoms. The third kappa shape index (κ3) is 1.30. The number of hydrogen-bond donors (Lipinski definition) is 1.